The lowest BCUT2D eigenvalue weighted by Crippen LogP contribution is -2.59. The molecule has 0 radical (unpaired) electrons. The van der Waals surface area contributed by atoms with E-state index >= 15 is 0 Å². The summed E-state index contributed by atoms with van der Waals surface area (Å²) in [6.45, 7) is 15.6. The largest absolute Gasteiger partial charge is 0.464 e. The molecular formula is C55H94N6O14. The fourth-order valence-electron chi connectivity index (χ4n) is 9.69. The van der Waals surface area contributed by atoms with Gasteiger partial charge in [-0.3, -0.25) is 33.7 Å². The molecule has 2 rings (SSSR count). The highest BCUT2D eigenvalue weighted by molar-refractivity contribution is 5.90. The zero-order chi connectivity index (χ0) is 56.4. The quantitative estimate of drug-likeness (QED) is 0.0424. The molecule has 1 aromatic rings. The van der Waals surface area contributed by atoms with Gasteiger partial charge < -0.3 is 59.3 Å². The highest BCUT2D eigenvalue weighted by Crippen LogP contribution is 2.30. The van der Waals surface area contributed by atoms with Gasteiger partial charge in [-0.05, 0) is 69.5 Å². The molecule has 1 heterocycles. The second kappa shape index (κ2) is 34.8. The van der Waals surface area contributed by atoms with Crippen LogP contribution >= 0.6 is 0 Å². The van der Waals surface area contributed by atoms with Crippen molar-refractivity contribution in [2.24, 2.45) is 23.7 Å². The van der Waals surface area contributed by atoms with Crippen molar-refractivity contribution in [2.45, 2.75) is 174 Å². The molecule has 4 N–H and O–H groups in total. The number of likely N-dealkylation sites (tertiary alicyclic amines) is 1. The van der Waals surface area contributed by atoms with Crippen molar-refractivity contribution >= 4 is 41.5 Å². The van der Waals surface area contributed by atoms with E-state index in [4.69, 9.17) is 28.4 Å². The summed E-state index contributed by atoms with van der Waals surface area (Å²) >= 11 is 0. The summed E-state index contributed by atoms with van der Waals surface area (Å²) in [7, 11) is 9.83. The number of hydrogen-bond acceptors (Lipinski definition) is 15. The number of methoxy groups -OCH3 is 3. The summed E-state index contributed by atoms with van der Waals surface area (Å²) in [5.74, 6) is -3.73. The van der Waals surface area contributed by atoms with Crippen LogP contribution < -0.4 is 16.0 Å². The highest BCUT2D eigenvalue weighted by atomic mass is 16.7. The van der Waals surface area contributed by atoms with Gasteiger partial charge in [0.1, 0.15) is 18.7 Å². The van der Waals surface area contributed by atoms with Crippen molar-refractivity contribution in [2.75, 3.05) is 75.4 Å². The molecule has 1 aliphatic rings. The van der Waals surface area contributed by atoms with Gasteiger partial charge in [-0.2, -0.15) is 0 Å². The Morgan fingerprint density at radius 2 is 1.49 bits per heavy atom. The van der Waals surface area contributed by atoms with Gasteiger partial charge in [0.25, 0.3) is 0 Å². The van der Waals surface area contributed by atoms with E-state index in [2.05, 4.69) is 16.0 Å². The van der Waals surface area contributed by atoms with Crippen LogP contribution in [0.1, 0.15) is 119 Å². The minimum Gasteiger partial charge on any atom is -0.464 e. The summed E-state index contributed by atoms with van der Waals surface area (Å²) in [4.78, 5) is 100. The fourth-order valence-corrected chi connectivity index (χ4v) is 9.69. The van der Waals surface area contributed by atoms with Gasteiger partial charge in [-0.1, -0.05) is 92.1 Å². The maximum absolute atomic E-state index is 14.5. The summed E-state index contributed by atoms with van der Waals surface area (Å²) in [5.41, 5.74) is 0.794. The maximum atomic E-state index is 14.5. The molecule has 11 atom stereocenters. The van der Waals surface area contributed by atoms with E-state index in [0.717, 1.165) is 5.56 Å². The summed E-state index contributed by atoms with van der Waals surface area (Å²) in [5, 5.41) is 18.0. The Kier molecular flexibility index (Phi) is 30.8. The van der Waals surface area contributed by atoms with Gasteiger partial charge in [0.05, 0.1) is 62.0 Å². The number of carbonyl (C=O) groups excluding carboxylic acids is 7. The summed E-state index contributed by atoms with van der Waals surface area (Å²) < 4.78 is 33.6. The Labute approximate surface area is 447 Å². The first-order valence-electron chi connectivity index (χ1n) is 26.9. The van der Waals surface area contributed by atoms with E-state index in [9.17, 15) is 38.7 Å². The first kappa shape index (κ1) is 66.4. The molecule has 0 saturated carbocycles. The second-order valence-electron chi connectivity index (χ2n) is 20.6. The normalized spacial score (nSPS) is 17.7. The monoisotopic (exact) mass is 1060 g/mol. The number of aliphatic hydroxyl groups excluding tert-OH is 1. The van der Waals surface area contributed by atoms with Gasteiger partial charge in [-0.25, -0.2) is 4.79 Å². The first-order valence-corrected chi connectivity index (χ1v) is 26.9. The molecule has 1 aromatic carbocycles. The van der Waals surface area contributed by atoms with Crippen molar-refractivity contribution in [1.29, 1.82) is 0 Å². The van der Waals surface area contributed by atoms with Gasteiger partial charge >= 0.3 is 11.9 Å². The molecule has 20 heteroatoms. The van der Waals surface area contributed by atoms with Crippen LogP contribution in [0.5, 0.6) is 0 Å². The van der Waals surface area contributed by atoms with Gasteiger partial charge in [0.15, 0.2) is 6.29 Å². The van der Waals surface area contributed by atoms with E-state index in [1.54, 1.807) is 23.8 Å². The Bertz CT molecular complexity index is 1880. The van der Waals surface area contributed by atoms with E-state index < -0.39 is 78.6 Å². The van der Waals surface area contributed by atoms with Crippen molar-refractivity contribution in [3.05, 3.63) is 35.9 Å². The van der Waals surface area contributed by atoms with E-state index in [1.165, 1.54) is 21.3 Å². The minimum absolute atomic E-state index is 0.00472. The van der Waals surface area contributed by atoms with Crippen LogP contribution in [0.3, 0.4) is 0 Å². The number of aliphatic hydroxyl groups is 1. The summed E-state index contributed by atoms with van der Waals surface area (Å²) in [6, 6.07) is 5.92. The average Bonchev–Trinajstić information content (AvgIpc) is 3.87. The number of hydrogen-bond donors (Lipinski definition) is 4. The Morgan fingerprint density at radius 3 is 2.05 bits per heavy atom. The molecule has 75 heavy (non-hydrogen) atoms. The van der Waals surface area contributed by atoms with Gasteiger partial charge in [-0.15, -0.1) is 0 Å². The minimum atomic E-state index is -1.06. The number of amides is 5. The first-order chi connectivity index (χ1) is 35.6. The van der Waals surface area contributed by atoms with Crippen LogP contribution in [0.15, 0.2) is 30.3 Å². The third-order valence-corrected chi connectivity index (χ3v) is 14.1. The average molecular weight is 1060 g/mol. The number of ether oxygens (including phenoxy) is 6. The van der Waals surface area contributed by atoms with Crippen molar-refractivity contribution < 1.29 is 67.1 Å². The number of esters is 2. The summed E-state index contributed by atoms with van der Waals surface area (Å²) in [6.07, 6.45) is 0.524. The Balaban J connectivity index is 2.10. The number of nitrogens with zero attached hydrogens (tertiary/aromatic N) is 3. The second-order valence-corrected chi connectivity index (χ2v) is 20.6. The molecule has 20 nitrogen and oxygen atoms in total. The van der Waals surface area contributed by atoms with Crippen LogP contribution in [0, 0.1) is 23.7 Å². The fraction of sp³-hybridized carbons (Fsp3) is 0.764. The SMILES string of the molecule is CCC(CO)OC(COC(=O)CCCC(=O)NCCCOC(=O)[C@H](Cc1ccccc1)NC(=O)[C@H](C)[C@@H](OC)[C@@H]1CCCN1C(=O)C[C@@H](OC)[C@H]([C@@H](C)CC)N(C)C(=O)[C@@H](NC(=O)[C@H](C(C)C)N(C)C)C(C)C)OC. The standard InChI is InChI=1S/C55H94N6O14/c1-15-37(7)50(60(11)54(68)48(35(3)4)58-53(67)49(36(5)6)59(9)10)43(70-12)32-45(64)61-29-21-25-42(61)51(72-14)38(8)52(66)57-41(31-39-23-18-17-19-24-39)55(69)73-30-22-28-56-44(63)26-20-27-46(65)74-34-47(71-13)75-40(16-2)33-62/h17-19,23-24,35-38,40-43,47-51,62H,15-16,20-22,25-34H2,1-14H3,(H,56,63)(H,57,66)(H,58,67)/t37-,38+,40?,41-,42-,43+,47?,48-,49-,50-,51+/m0/s1. The van der Waals surface area contributed by atoms with Crippen LogP contribution in [0.2, 0.25) is 0 Å². The van der Waals surface area contributed by atoms with E-state index in [-0.39, 0.29) is 99.9 Å². The van der Waals surface area contributed by atoms with Crippen molar-refractivity contribution in [3.63, 3.8) is 0 Å². The molecule has 1 saturated heterocycles. The maximum Gasteiger partial charge on any atom is 0.328 e. The lowest BCUT2D eigenvalue weighted by molar-refractivity contribution is -0.194. The van der Waals surface area contributed by atoms with E-state index in [0.29, 0.717) is 38.6 Å². The molecular weight excluding hydrogens is 969 g/mol. The number of likely N-dealkylation sites (N-methyl/N-ethyl adjacent to an activating group) is 2. The number of carbonyl (C=O) groups is 7. The number of rotatable bonds is 36. The topological polar surface area (TPSA) is 241 Å². The van der Waals surface area contributed by atoms with E-state index in [1.807, 2.05) is 97.8 Å². The zero-order valence-electron chi connectivity index (χ0n) is 47.6. The Morgan fingerprint density at radius 1 is 0.813 bits per heavy atom. The third kappa shape index (κ3) is 21.7. The molecule has 0 aromatic heterocycles. The van der Waals surface area contributed by atoms with Crippen molar-refractivity contribution in [1.82, 2.24) is 30.7 Å². The Hall–Kier alpha value is -4.73. The molecule has 0 aliphatic carbocycles. The van der Waals surface area contributed by atoms with Crippen LogP contribution in [0.25, 0.3) is 0 Å². The van der Waals surface area contributed by atoms with Crippen LogP contribution in [-0.2, 0) is 68.4 Å². The molecule has 0 bridgehead atoms. The van der Waals surface area contributed by atoms with Gasteiger partial charge in [0.2, 0.25) is 29.5 Å². The molecule has 428 valence electrons. The lowest BCUT2D eigenvalue weighted by Gasteiger charge is -2.41. The molecule has 1 aliphatic heterocycles. The molecule has 1 fully saturated rings. The predicted molar refractivity (Wildman–Crippen MR) is 284 cm³/mol. The van der Waals surface area contributed by atoms with Crippen molar-refractivity contribution in [3.8, 4) is 0 Å². The number of nitrogens with one attached hydrogen (secondary N) is 3. The molecule has 2 unspecified atom stereocenters. The molecule has 5 amide bonds. The van der Waals surface area contributed by atoms with Crippen LogP contribution in [-0.4, -0.2) is 191 Å². The smallest absolute Gasteiger partial charge is 0.328 e. The van der Waals surface area contributed by atoms with Crippen LogP contribution in [0.4, 0.5) is 0 Å². The highest BCUT2D eigenvalue weighted by Gasteiger charge is 2.43. The zero-order valence-corrected chi connectivity index (χ0v) is 47.6. The lowest BCUT2D eigenvalue weighted by atomic mass is 9.89. The van der Waals surface area contributed by atoms with Gasteiger partial charge in [0, 0.05) is 60.7 Å². The third-order valence-electron chi connectivity index (χ3n) is 14.1. The molecule has 0 spiro atoms. The predicted octanol–water partition coefficient (Wildman–Crippen LogP) is 3.88. The number of benzene rings is 1.